The molecule has 2 unspecified atom stereocenters. The maximum absolute atomic E-state index is 11.2. The number of ether oxygens (including phenoxy) is 1. The first kappa shape index (κ1) is 12.8. The van der Waals surface area contributed by atoms with E-state index in [-0.39, 0.29) is 12.0 Å². The lowest BCUT2D eigenvalue weighted by atomic mass is 9.99. The standard InChI is InChI=1S/C13H23NO3/c1-2-7-14(10-5-3-4-6-10)12-9-17-8-11(12)13(15)16/h10-12H,2-9H2,1H3,(H,15,16). The van der Waals surface area contributed by atoms with Crippen molar-refractivity contribution in [2.24, 2.45) is 5.92 Å². The third-order valence-corrected chi connectivity index (χ3v) is 4.07. The Bertz CT molecular complexity index is 263. The molecule has 1 aliphatic heterocycles. The van der Waals surface area contributed by atoms with Gasteiger partial charge in [0.05, 0.1) is 19.1 Å². The minimum atomic E-state index is -0.702. The van der Waals surface area contributed by atoms with Crippen LogP contribution < -0.4 is 0 Å². The largest absolute Gasteiger partial charge is 0.481 e. The molecule has 2 atom stereocenters. The molecule has 0 bridgehead atoms. The maximum Gasteiger partial charge on any atom is 0.310 e. The van der Waals surface area contributed by atoms with Crippen molar-refractivity contribution in [3.63, 3.8) is 0 Å². The number of hydrogen-bond acceptors (Lipinski definition) is 3. The van der Waals surface area contributed by atoms with Gasteiger partial charge in [-0.25, -0.2) is 0 Å². The highest BCUT2D eigenvalue weighted by Crippen LogP contribution is 2.30. The highest BCUT2D eigenvalue weighted by atomic mass is 16.5. The first-order valence-electron chi connectivity index (χ1n) is 6.80. The summed E-state index contributed by atoms with van der Waals surface area (Å²) < 4.78 is 5.40. The third kappa shape index (κ3) is 2.80. The topological polar surface area (TPSA) is 49.8 Å². The van der Waals surface area contributed by atoms with E-state index in [9.17, 15) is 9.90 Å². The van der Waals surface area contributed by atoms with Crippen molar-refractivity contribution in [3.05, 3.63) is 0 Å². The Kier molecular flexibility index (Phi) is 4.40. The van der Waals surface area contributed by atoms with Crippen LogP contribution in [0.4, 0.5) is 0 Å². The molecule has 0 amide bonds. The average molecular weight is 241 g/mol. The van der Waals surface area contributed by atoms with Crippen molar-refractivity contribution in [2.45, 2.75) is 51.1 Å². The van der Waals surface area contributed by atoms with Crippen LogP contribution in [-0.4, -0.2) is 47.8 Å². The van der Waals surface area contributed by atoms with Gasteiger partial charge in [0.15, 0.2) is 0 Å². The second kappa shape index (κ2) is 5.83. The van der Waals surface area contributed by atoms with Crippen LogP contribution >= 0.6 is 0 Å². The van der Waals surface area contributed by atoms with E-state index in [1.54, 1.807) is 0 Å². The van der Waals surface area contributed by atoms with E-state index in [0.717, 1.165) is 13.0 Å². The van der Waals surface area contributed by atoms with Gasteiger partial charge < -0.3 is 9.84 Å². The molecule has 4 heteroatoms. The molecule has 2 rings (SSSR count). The first-order valence-corrected chi connectivity index (χ1v) is 6.80. The quantitative estimate of drug-likeness (QED) is 0.796. The molecule has 1 heterocycles. The molecule has 1 saturated heterocycles. The Morgan fingerprint density at radius 2 is 2.06 bits per heavy atom. The van der Waals surface area contributed by atoms with E-state index in [1.165, 1.54) is 25.7 Å². The van der Waals surface area contributed by atoms with E-state index in [0.29, 0.717) is 19.3 Å². The number of carbonyl (C=O) groups is 1. The Hall–Kier alpha value is -0.610. The summed E-state index contributed by atoms with van der Waals surface area (Å²) in [5.41, 5.74) is 0. The van der Waals surface area contributed by atoms with Gasteiger partial charge in [-0.1, -0.05) is 19.8 Å². The zero-order valence-corrected chi connectivity index (χ0v) is 10.6. The Balaban J connectivity index is 2.05. The highest BCUT2D eigenvalue weighted by molar-refractivity contribution is 5.71. The molecule has 1 aliphatic carbocycles. The fraction of sp³-hybridized carbons (Fsp3) is 0.923. The van der Waals surface area contributed by atoms with E-state index in [1.807, 2.05) is 0 Å². The molecule has 0 radical (unpaired) electrons. The van der Waals surface area contributed by atoms with E-state index < -0.39 is 5.97 Å². The summed E-state index contributed by atoms with van der Waals surface area (Å²) in [4.78, 5) is 13.6. The normalized spacial score (nSPS) is 30.2. The summed E-state index contributed by atoms with van der Waals surface area (Å²) in [7, 11) is 0. The van der Waals surface area contributed by atoms with Gasteiger partial charge in [0.25, 0.3) is 0 Å². The van der Waals surface area contributed by atoms with Crippen LogP contribution in [0.25, 0.3) is 0 Å². The van der Waals surface area contributed by atoms with Gasteiger partial charge in [0, 0.05) is 12.1 Å². The van der Waals surface area contributed by atoms with Crippen LogP contribution in [0.15, 0.2) is 0 Å². The molecule has 0 spiro atoms. The summed E-state index contributed by atoms with van der Waals surface area (Å²) in [5.74, 6) is -1.03. The van der Waals surface area contributed by atoms with Crippen LogP contribution in [-0.2, 0) is 9.53 Å². The van der Waals surface area contributed by atoms with E-state index in [4.69, 9.17) is 4.74 Å². The molecule has 0 aromatic carbocycles. The Morgan fingerprint density at radius 3 is 2.65 bits per heavy atom. The van der Waals surface area contributed by atoms with Crippen LogP contribution in [0.1, 0.15) is 39.0 Å². The van der Waals surface area contributed by atoms with E-state index in [2.05, 4.69) is 11.8 Å². The highest BCUT2D eigenvalue weighted by Gasteiger charge is 2.40. The molecular weight excluding hydrogens is 218 g/mol. The van der Waals surface area contributed by atoms with Gasteiger partial charge in [-0.2, -0.15) is 0 Å². The van der Waals surface area contributed by atoms with Crippen LogP contribution in [0, 0.1) is 5.92 Å². The van der Waals surface area contributed by atoms with Gasteiger partial charge in [0.2, 0.25) is 0 Å². The van der Waals surface area contributed by atoms with E-state index >= 15 is 0 Å². The minimum absolute atomic E-state index is 0.0931. The SMILES string of the molecule is CCCN(C1CCCC1)C1COCC1C(=O)O. The zero-order chi connectivity index (χ0) is 12.3. The Labute approximate surface area is 103 Å². The number of aliphatic carboxylic acids is 1. The van der Waals surface area contributed by atoms with Gasteiger partial charge in [-0.3, -0.25) is 9.69 Å². The number of rotatable bonds is 5. The minimum Gasteiger partial charge on any atom is -0.481 e. The molecule has 0 aromatic rings. The van der Waals surface area contributed by atoms with Crippen molar-refractivity contribution >= 4 is 5.97 Å². The van der Waals surface area contributed by atoms with Crippen LogP contribution in [0.5, 0.6) is 0 Å². The fourth-order valence-corrected chi connectivity index (χ4v) is 3.22. The smallest absolute Gasteiger partial charge is 0.310 e. The summed E-state index contributed by atoms with van der Waals surface area (Å²) in [6.45, 7) is 4.14. The van der Waals surface area contributed by atoms with Gasteiger partial charge in [-0.05, 0) is 25.8 Å². The average Bonchev–Trinajstić information content (AvgIpc) is 2.96. The first-order chi connectivity index (χ1) is 8.24. The van der Waals surface area contributed by atoms with Gasteiger partial charge >= 0.3 is 5.97 Å². The predicted octanol–water partition coefficient (Wildman–Crippen LogP) is 1.74. The molecule has 1 saturated carbocycles. The van der Waals surface area contributed by atoms with Crippen molar-refractivity contribution < 1.29 is 14.6 Å². The van der Waals surface area contributed by atoms with Crippen LogP contribution in [0.3, 0.4) is 0 Å². The molecule has 17 heavy (non-hydrogen) atoms. The molecule has 1 N–H and O–H groups in total. The predicted molar refractivity (Wildman–Crippen MR) is 65.0 cm³/mol. The number of hydrogen-bond donors (Lipinski definition) is 1. The van der Waals surface area contributed by atoms with Crippen molar-refractivity contribution in [3.8, 4) is 0 Å². The second-order valence-corrected chi connectivity index (χ2v) is 5.23. The third-order valence-electron chi connectivity index (χ3n) is 4.07. The number of carboxylic acid groups (broad SMARTS) is 1. The van der Waals surface area contributed by atoms with Crippen molar-refractivity contribution in [1.29, 1.82) is 0 Å². The molecule has 98 valence electrons. The molecule has 4 nitrogen and oxygen atoms in total. The van der Waals surface area contributed by atoms with Gasteiger partial charge in [0.1, 0.15) is 0 Å². The molecule has 2 fully saturated rings. The lowest BCUT2D eigenvalue weighted by molar-refractivity contribution is -0.143. The lowest BCUT2D eigenvalue weighted by Crippen LogP contribution is -2.48. The zero-order valence-electron chi connectivity index (χ0n) is 10.6. The van der Waals surface area contributed by atoms with Crippen molar-refractivity contribution in [1.82, 2.24) is 4.90 Å². The maximum atomic E-state index is 11.2. The number of carboxylic acids is 1. The molecular formula is C13H23NO3. The van der Waals surface area contributed by atoms with Crippen molar-refractivity contribution in [2.75, 3.05) is 19.8 Å². The number of nitrogens with zero attached hydrogens (tertiary/aromatic N) is 1. The monoisotopic (exact) mass is 241 g/mol. The fourth-order valence-electron chi connectivity index (χ4n) is 3.22. The second-order valence-electron chi connectivity index (χ2n) is 5.23. The van der Waals surface area contributed by atoms with Gasteiger partial charge in [-0.15, -0.1) is 0 Å². The molecule has 2 aliphatic rings. The Morgan fingerprint density at radius 1 is 1.35 bits per heavy atom. The summed E-state index contributed by atoms with van der Waals surface area (Å²) in [6.07, 6.45) is 6.11. The summed E-state index contributed by atoms with van der Waals surface area (Å²) in [6, 6.07) is 0.680. The summed E-state index contributed by atoms with van der Waals surface area (Å²) >= 11 is 0. The lowest BCUT2D eigenvalue weighted by Gasteiger charge is -2.35. The molecule has 0 aromatic heterocycles. The summed E-state index contributed by atoms with van der Waals surface area (Å²) in [5, 5.41) is 9.24. The van der Waals surface area contributed by atoms with Crippen LogP contribution in [0.2, 0.25) is 0 Å².